The van der Waals surface area contributed by atoms with E-state index >= 15 is 0 Å². The minimum Gasteiger partial charge on any atom is -0.391 e. The molecule has 0 aromatic rings. The molecule has 1 atom stereocenters. The lowest BCUT2D eigenvalue weighted by atomic mass is 9.73. The average molecular weight is 265 g/mol. The maximum Gasteiger partial charge on any atom is 0.0195 e. The van der Waals surface area contributed by atoms with E-state index in [2.05, 4.69) is 65.6 Å². The van der Waals surface area contributed by atoms with Crippen molar-refractivity contribution in [3.8, 4) is 0 Å². The summed E-state index contributed by atoms with van der Waals surface area (Å²) in [4.78, 5) is 0. The van der Waals surface area contributed by atoms with E-state index in [0.29, 0.717) is 10.8 Å². The van der Waals surface area contributed by atoms with E-state index in [4.69, 9.17) is 0 Å². The van der Waals surface area contributed by atoms with E-state index in [1.165, 1.54) is 25.7 Å². The van der Waals surface area contributed by atoms with E-state index in [-0.39, 0.29) is 0 Å². The molecular weight excluding hydrogens is 230 g/mol. The van der Waals surface area contributed by atoms with Gasteiger partial charge < -0.3 is 5.32 Å². The van der Waals surface area contributed by atoms with Gasteiger partial charge in [-0.15, -0.1) is 0 Å². The lowest BCUT2D eigenvalue weighted by molar-refractivity contribution is 0.188. The Kier molecular flexibility index (Phi) is 8.13. The molecule has 0 saturated heterocycles. The Balaban J connectivity index is 4.47. The Labute approximate surface area is 121 Å². The molecule has 0 aliphatic carbocycles. The van der Waals surface area contributed by atoms with Crippen LogP contribution in [0.25, 0.3) is 0 Å². The highest BCUT2D eigenvalue weighted by Crippen LogP contribution is 2.35. The van der Waals surface area contributed by atoms with Crippen molar-refractivity contribution in [1.82, 2.24) is 5.32 Å². The van der Waals surface area contributed by atoms with Crippen molar-refractivity contribution in [2.45, 2.75) is 67.2 Å². The van der Waals surface area contributed by atoms with E-state index in [0.717, 1.165) is 12.5 Å². The van der Waals surface area contributed by atoms with Crippen molar-refractivity contribution in [3.05, 3.63) is 24.9 Å². The number of nitrogens with one attached hydrogen (secondary N) is 1. The van der Waals surface area contributed by atoms with E-state index < -0.39 is 0 Å². The fourth-order valence-corrected chi connectivity index (χ4v) is 2.49. The SMILES string of the molecule is C=CNCC(C)(C)C(C/C=C/C)CCCC(C)(C)C. The highest BCUT2D eigenvalue weighted by molar-refractivity contribution is 4.89. The topological polar surface area (TPSA) is 12.0 Å². The first-order valence-corrected chi connectivity index (χ1v) is 7.68. The summed E-state index contributed by atoms with van der Waals surface area (Å²) in [5.41, 5.74) is 0.764. The zero-order valence-corrected chi connectivity index (χ0v) is 14.1. The van der Waals surface area contributed by atoms with Crippen LogP contribution < -0.4 is 5.32 Å². The van der Waals surface area contributed by atoms with Crippen LogP contribution in [0.3, 0.4) is 0 Å². The Morgan fingerprint density at radius 3 is 2.26 bits per heavy atom. The number of rotatable bonds is 9. The molecule has 0 heterocycles. The molecule has 1 N–H and O–H groups in total. The van der Waals surface area contributed by atoms with Crippen molar-refractivity contribution in [2.75, 3.05) is 6.54 Å². The molecule has 112 valence electrons. The van der Waals surface area contributed by atoms with E-state index in [9.17, 15) is 0 Å². The van der Waals surface area contributed by atoms with Crippen LogP contribution >= 0.6 is 0 Å². The Morgan fingerprint density at radius 2 is 1.79 bits per heavy atom. The molecule has 0 bridgehead atoms. The van der Waals surface area contributed by atoms with Gasteiger partial charge in [0.15, 0.2) is 0 Å². The smallest absolute Gasteiger partial charge is 0.0195 e. The van der Waals surface area contributed by atoms with Crippen molar-refractivity contribution in [2.24, 2.45) is 16.7 Å². The number of hydrogen-bond donors (Lipinski definition) is 1. The van der Waals surface area contributed by atoms with Crippen LogP contribution in [0.2, 0.25) is 0 Å². The molecular formula is C18H35N. The molecule has 0 aromatic heterocycles. The quantitative estimate of drug-likeness (QED) is 0.539. The molecule has 0 spiro atoms. The van der Waals surface area contributed by atoms with Crippen LogP contribution in [-0.4, -0.2) is 6.54 Å². The van der Waals surface area contributed by atoms with E-state index in [1.54, 1.807) is 0 Å². The first kappa shape index (κ1) is 18.3. The van der Waals surface area contributed by atoms with Gasteiger partial charge in [-0.2, -0.15) is 0 Å². The molecule has 0 rings (SSSR count). The lowest BCUT2D eigenvalue weighted by Gasteiger charge is -2.35. The summed E-state index contributed by atoms with van der Waals surface area (Å²) >= 11 is 0. The third-order valence-corrected chi connectivity index (χ3v) is 3.94. The maximum atomic E-state index is 3.75. The number of allylic oxidation sites excluding steroid dienone is 2. The van der Waals surface area contributed by atoms with Crippen molar-refractivity contribution in [3.63, 3.8) is 0 Å². The largest absolute Gasteiger partial charge is 0.391 e. The van der Waals surface area contributed by atoms with Gasteiger partial charge in [0.2, 0.25) is 0 Å². The molecule has 0 aliphatic rings. The minimum atomic E-state index is 0.311. The van der Waals surface area contributed by atoms with Gasteiger partial charge in [-0.05, 0) is 49.1 Å². The fourth-order valence-electron chi connectivity index (χ4n) is 2.49. The molecule has 0 saturated carbocycles. The molecule has 0 aliphatic heterocycles. The van der Waals surface area contributed by atoms with Crippen LogP contribution in [0.5, 0.6) is 0 Å². The Bertz CT molecular complexity index is 268. The van der Waals surface area contributed by atoms with Gasteiger partial charge in [-0.25, -0.2) is 0 Å². The third-order valence-electron chi connectivity index (χ3n) is 3.94. The standard InChI is InChI=1S/C18H35N/c1-8-10-12-16(13-11-14-17(3,4)5)18(6,7)15-19-9-2/h8-10,16,19H,2,11-15H2,1,3-7H3/b10-8+. The summed E-state index contributed by atoms with van der Waals surface area (Å²) in [7, 11) is 0. The van der Waals surface area contributed by atoms with Crippen LogP contribution in [0.15, 0.2) is 24.9 Å². The zero-order chi connectivity index (χ0) is 14.9. The van der Waals surface area contributed by atoms with Crippen molar-refractivity contribution < 1.29 is 0 Å². The van der Waals surface area contributed by atoms with Gasteiger partial charge in [0.05, 0.1) is 0 Å². The van der Waals surface area contributed by atoms with Crippen molar-refractivity contribution in [1.29, 1.82) is 0 Å². The van der Waals surface area contributed by atoms with Gasteiger partial charge in [0.25, 0.3) is 0 Å². The van der Waals surface area contributed by atoms with Gasteiger partial charge in [-0.3, -0.25) is 0 Å². The molecule has 19 heavy (non-hydrogen) atoms. The minimum absolute atomic E-state index is 0.311. The summed E-state index contributed by atoms with van der Waals surface area (Å²) in [6.07, 6.45) is 11.4. The summed E-state index contributed by atoms with van der Waals surface area (Å²) in [6.45, 7) is 18.6. The van der Waals surface area contributed by atoms with Crippen LogP contribution in [0, 0.1) is 16.7 Å². The van der Waals surface area contributed by atoms with Crippen LogP contribution in [0.4, 0.5) is 0 Å². The van der Waals surface area contributed by atoms with Gasteiger partial charge in [0, 0.05) is 6.54 Å². The second-order valence-electron chi connectivity index (χ2n) is 7.53. The second-order valence-corrected chi connectivity index (χ2v) is 7.53. The Morgan fingerprint density at radius 1 is 1.16 bits per heavy atom. The predicted octanol–water partition coefficient (Wildman–Crippen LogP) is 5.54. The summed E-state index contributed by atoms with van der Waals surface area (Å²) in [5, 5.41) is 3.29. The van der Waals surface area contributed by atoms with Gasteiger partial charge in [-0.1, -0.05) is 59.8 Å². The predicted molar refractivity (Wildman–Crippen MR) is 88.2 cm³/mol. The molecule has 0 fully saturated rings. The normalized spacial score (nSPS) is 14.6. The zero-order valence-electron chi connectivity index (χ0n) is 14.1. The first-order chi connectivity index (χ1) is 8.73. The second kappa shape index (κ2) is 8.45. The monoisotopic (exact) mass is 265 g/mol. The van der Waals surface area contributed by atoms with Crippen molar-refractivity contribution >= 4 is 0 Å². The average Bonchev–Trinajstić information content (AvgIpc) is 2.29. The third kappa shape index (κ3) is 8.91. The highest BCUT2D eigenvalue weighted by atomic mass is 14.8. The van der Waals surface area contributed by atoms with Gasteiger partial charge in [0.1, 0.15) is 0 Å². The molecule has 1 nitrogen and oxygen atoms in total. The molecule has 1 heteroatoms. The Hall–Kier alpha value is -0.720. The molecule has 0 radical (unpaired) electrons. The lowest BCUT2D eigenvalue weighted by Crippen LogP contribution is -2.33. The fraction of sp³-hybridized carbons (Fsp3) is 0.778. The summed E-state index contributed by atoms with van der Waals surface area (Å²) in [6, 6.07) is 0. The highest BCUT2D eigenvalue weighted by Gasteiger charge is 2.28. The van der Waals surface area contributed by atoms with Crippen LogP contribution in [-0.2, 0) is 0 Å². The van der Waals surface area contributed by atoms with E-state index in [1.807, 2.05) is 6.20 Å². The summed E-state index contributed by atoms with van der Waals surface area (Å²) in [5.74, 6) is 0.735. The molecule has 1 unspecified atom stereocenters. The van der Waals surface area contributed by atoms with Crippen LogP contribution in [0.1, 0.15) is 67.2 Å². The van der Waals surface area contributed by atoms with Gasteiger partial charge >= 0.3 is 0 Å². The maximum absolute atomic E-state index is 3.75. The summed E-state index contributed by atoms with van der Waals surface area (Å²) < 4.78 is 0. The molecule has 0 aromatic carbocycles. The first-order valence-electron chi connectivity index (χ1n) is 7.68. The molecule has 0 amide bonds. The number of hydrogen-bond acceptors (Lipinski definition) is 1.